The fraction of sp³-hybridized carbons (Fsp3) is 0.278. The summed E-state index contributed by atoms with van der Waals surface area (Å²) in [7, 11) is 0. The molecule has 1 amide bonds. The number of hydrogen-bond acceptors (Lipinski definition) is 4. The van der Waals surface area contributed by atoms with Crippen molar-refractivity contribution in [1.29, 1.82) is 0 Å². The molecule has 0 spiro atoms. The lowest BCUT2D eigenvalue weighted by Gasteiger charge is -2.22. The predicted molar refractivity (Wildman–Crippen MR) is 90.6 cm³/mol. The highest BCUT2D eigenvalue weighted by Gasteiger charge is 2.20. The summed E-state index contributed by atoms with van der Waals surface area (Å²) in [5.74, 6) is -0.142. The van der Waals surface area contributed by atoms with Gasteiger partial charge in [0.1, 0.15) is 0 Å². The number of hydrogen-bond donors (Lipinski definition) is 2. The molecule has 0 bridgehead atoms. The van der Waals surface area contributed by atoms with E-state index in [1.165, 1.54) is 0 Å². The van der Waals surface area contributed by atoms with Crippen molar-refractivity contribution in [2.24, 2.45) is 0 Å². The Morgan fingerprint density at radius 3 is 2.88 bits per heavy atom. The average molecular weight is 322 g/mol. The van der Waals surface area contributed by atoms with E-state index in [9.17, 15) is 4.79 Å². The van der Waals surface area contributed by atoms with Crippen LogP contribution in [0.4, 0.5) is 0 Å². The van der Waals surface area contributed by atoms with Gasteiger partial charge in [-0.2, -0.15) is 5.10 Å². The van der Waals surface area contributed by atoms with Crippen LogP contribution < -0.4 is 5.32 Å². The minimum Gasteiger partial charge on any atom is -0.381 e. The summed E-state index contributed by atoms with van der Waals surface area (Å²) in [5, 5.41) is 11.0. The third kappa shape index (κ3) is 2.88. The molecule has 3 heterocycles. The number of rotatable bonds is 3. The molecule has 6 heteroatoms. The summed E-state index contributed by atoms with van der Waals surface area (Å²) in [5.41, 5.74) is 3.30. The second-order valence-corrected chi connectivity index (χ2v) is 5.93. The molecular formula is C18H18N4O2. The standard InChI is InChI=1S/C18H18N4O2/c23-18(20-14-5-8-24-9-6-14)17-15-10-12(3-4-16(15)21-22-17)13-2-1-7-19-11-13/h1-4,7,10-11,14H,5-6,8-9H2,(H,20,23)(H,21,22). The van der Waals surface area contributed by atoms with Gasteiger partial charge in [0.25, 0.3) is 5.91 Å². The van der Waals surface area contributed by atoms with Crippen LogP contribution in [0, 0.1) is 0 Å². The smallest absolute Gasteiger partial charge is 0.272 e. The molecule has 4 rings (SSSR count). The number of H-pyrrole nitrogens is 1. The van der Waals surface area contributed by atoms with Gasteiger partial charge in [-0.3, -0.25) is 14.9 Å². The van der Waals surface area contributed by atoms with Crippen molar-refractivity contribution < 1.29 is 9.53 Å². The maximum absolute atomic E-state index is 12.6. The highest BCUT2D eigenvalue weighted by Crippen LogP contribution is 2.25. The zero-order valence-corrected chi connectivity index (χ0v) is 13.2. The molecule has 1 saturated heterocycles. The fourth-order valence-corrected chi connectivity index (χ4v) is 3.00. The molecule has 3 aromatic rings. The Morgan fingerprint density at radius 2 is 2.08 bits per heavy atom. The van der Waals surface area contributed by atoms with Crippen molar-refractivity contribution in [2.45, 2.75) is 18.9 Å². The molecule has 122 valence electrons. The second kappa shape index (κ2) is 6.41. The fourth-order valence-electron chi connectivity index (χ4n) is 3.00. The lowest BCUT2D eigenvalue weighted by Crippen LogP contribution is -2.39. The quantitative estimate of drug-likeness (QED) is 0.776. The maximum Gasteiger partial charge on any atom is 0.272 e. The van der Waals surface area contributed by atoms with Gasteiger partial charge in [0.2, 0.25) is 0 Å². The minimum atomic E-state index is -0.142. The van der Waals surface area contributed by atoms with Gasteiger partial charge in [-0.05, 0) is 36.6 Å². The van der Waals surface area contributed by atoms with Crippen molar-refractivity contribution in [2.75, 3.05) is 13.2 Å². The molecule has 2 N–H and O–H groups in total. The van der Waals surface area contributed by atoms with Crippen LogP contribution >= 0.6 is 0 Å². The predicted octanol–water partition coefficient (Wildman–Crippen LogP) is 2.53. The van der Waals surface area contributed by atoms with E-state index >= 15 is 0 Å². The first-order chi connectivity index (χ1) is 11.8. The number of amides is 1. The van der Waals surface area contributed by atoms with Gasteiger partial charge in [0.15, 0.2) is 5.69 Å². The van der Waals surface area contributed by atoms with Crippen molar-refractivity contribution in [3.63, 3.8) is 0 Å². The molecule has 24 heavy (non-hydrogen) atoms. The maximum atomic E-state index is 12.6. The molecule has 0 atom stereocenters. The van der Waals surface area contributed by atoms with Crippen LogP contribution in [0.25, 0.3) is 22.0 Å². The first-order valence-electron chi connectivity index (χ1n) is 8.08. The Kier molecular flexibility index (Phi) is 3.96. The number of aromatic nitrogens is 3. The van der Waals surface area contributed by atoms with Crippen LogP contribution in [-0.2, 0) is 4.74 Å². The zero-order valence-electron chi connectivity index (χ0n) is 13.2. The van der Waals surface area contributed by atoms with Crippen molar-refractivity contribution in [3.8, 4) is 11.1 Å². The Hall–Kier alpha value is -2.73. The molecule has 1 aliphatic rings. The first kappa shape index (κ1) is 14.8. The number of ether oxygens (including phenoxy) is 1. The molecule has 0 radical (unpaired) electrons. The van der Waals surface area contributed by atoms with Crippen LogP contribution in [0.5, 0.6) is 0 Å². The van der Waals surface area contributed by atoms with E-state index in [1.807, 2.05) is 36.5 Å². The topological polar surface area (TPSA) is 79.9 Å². The van der Waals surface area contributed by atoms with E-state index in [0.717, 1.165) is 34.9 Å². The molecule has 0 aliphatic carbocycles. The van der Waals surface area contributed by atoms with Crippen LogP contribution in [0.15, 0.2) is 42.7 Å². The lowest BCUT2D eigenvalue weighted by molar-refractivity contribution is 0.0695. The summed E-state index contributed by atoms with van der Waals surface area (Å²) >= 11 is 0. The van der Waals surface area contributed by atoms with Crippen LogP contribution in [0.2, 0.25) is 0 Å². The van der Waals surface area contributed by atoms with E-state index in [1.54, 1.807) is 6.20 Å². The summed E-state index contributed by atoms with van der Waals surface area (Å²) < 4.78 is 5.33. The largest absolute Gasteiger partial charge is 0.381 e. The van der Waals surface area contributed by atoms with Gasteiger partial charge in [-0.25, -0.2) is 0 Å². The van der Waals surface area contributed by atoms with Crippen molar-refractivity contribution in [3.05, 3.63) is 48.4 Å². The zero-order chi connectivity index (χ0) is 16.4. The van der Waals surface area contributed by atoms with E-state index in [0.29, 0.717) is 18.9 Å². The van der Waals surface area contributed by atoms with E-state index < -0.39 is 0 Å². The minimum absolute atomic E-state index is 0.142. The number of nitrogens with one attached hydrogen (secondary N) is 2. The van der Waals surface area contributed by atoms with Crippen molar-refractivity contribution >= 4 is 16.8 Å². The molecule has 0 unspecified atom stereocenters. The van der Waals surface area contributed by atoms with Gasteiger partial charge >= 0.3 is 0 Å². The second-order valence-electron chi connectivity index (χ2n) is 5.93. The van der Waals surface area contributed by atoms with Gasteiger partial charge in [0, 0.05) is 42.6 Å². The van der Waals surface area contributed by atoms with E-state index in [4.69, 9.17) is 4.74 Å². The number of benzene rings is 1. The number of nitrogens with zero attached hydrogens (tertiary/aromatic N) is 2. The highest BCUT2D eigenvalue weighted by molar-refractivity contribution is 6.05. The molecule has 2 aromatic heterocycles. The van der Waals surface area contributed by atoms with Gasteiger partial charge < -0.3 is 10.1 Å². The normalized spacial score (nSPS) is 15.5. The molecule has 1 aliphatic heterocycles. The number of pyridine rings is 1. The van der Waals surface area contributed by atoms with Crippen LogP contribution in [-0.4, -0.2) is 40.3 Å². The highest BCUT2D eigenvalue weighted by atomic mass is 16.5. The molecule has 1 fully saturated rings. The third-order valence-electron chi connectivity index (χ3n) is 4.33. The van der Waals surface area contributed by atoms with Crippen LogP contribution in [0.3, 0.4) is 0 Å². The Balaban J connectivity index is 1.64. The monoisotopic (exact) mass is 322 g/mol. The lowest BCUT2D eigenvalue weighted by atomic mass is 10.0. The number of carbonyl (C=O) groups is 1. The summed E-state index contributed by atoms with van der Waals surface area (Å²) in [4.78, 5) is 16.7. The third-order valence-corrected chi connectivity index (χ3v) is 4.33. The first-order valence-corrected chi connectivity index (χ1v) is 8.08. The molecule has 0 saturated carbocycles. The Bertz CT molecular complexity index is 854. The van der Waals surface area contributed by atoms with Gasteiger partial charge in [0.05, 0.1) is 5.52 Å². The van der Waals surface area contributed by atoms with E-state index in [2.05, 4.69) is 20.5 Å². The Labute approximate surface area is 139 Å². The van der Waals surface area contributed by atoms with Crippen LogP contribution in [0.1, 0.15) is 23.3 Å². The SMILES string of the molecule is O=C(NC1CCOCC1)c1n[nH]c2ccc(-c3cccnc3)cc12. The molecule has 6 nitrogen and oxygen atoms in total. The molecular weight excluding hydrogens is 304 g/mol. The number of aromatic amines is 1. The van der Waals surface area contributed by atoms with Gasteiger partial charge in [-0.1, -0.05) is 12.1 Å². The summed E-state index contributed by atoms with van der Waals surface area (Å²) in [6, 6.07) is 9.96. The number of carbonyl (C=O) groups excluding carboxylic acids is 1. The Morgan fingerprint density at radius 1 is 1.21 bits per heavy atom. The van der Waals surface area contributed by atoms with Gasteiger partial charge in [-0.15, -0.1) is 0 Å². The number of fused-ring (bicyclic) bond motifs is 1. The summed E-state index contributed by atoms with van der Waals surface area (Å²) in [6.07, 6.45) is 5.24. The average Bonchev–Trinajstić information content (AvgIpc) is 3.06. The van der Waals surface area contributed by atoms with Crippen molar-refractivity contribution in [1.82, 2.24) is 20.5 Å². The summed E-state index contributed by atoms with van der Waals surface area (Å²) in [6.45, 7) is 1.38. The molecule has 1 aromatic carbocycles. The van der Waals surface area contributed by atoms with E-state index in [-0.39, 0.29) is 11.9 Å².